The zero-order chi connectivity index (χ0) is 20.3. The second-order valence-corrected chi connectivity index (χ2v) is 7.71. The number of thioether (sulfide) groups is 1. The molecule has 0 unspecified atom stereocenters. The molecular weight excluding hydrogens is 406 g/mol. The Morgan fingerprint density at radius 2 is 1.93 bits per heavy atom. The number of hydrogen-bond donors (Lipinski definition) is 0. The van der Waals surface area contributed by atoms with Crippen LogP contribution in [-0.4, -0.2) is 35.6 Å². The van der Waals surface area contributed by atoms with Crippen molar-refractivity contribution < 1.29 is 23.1 Å². The predicted molar refractivity (Wildman–Crippen MR) is 106 cm³/mol. The number of carbonyl (C=O) groups excluding carboxylic acids is 2. The van der Waals surface area contributed by atoms with E-state index in [-0.39, 0.29) is 0 Å². The molecule has 0 saturated carbocycles. The summed E-state index contributed by atoms with van der Waals surface area (Å²) in [6.45, 7) is 0.546. The molecule has 0 fully saturated rings. The van der Waals surface area contributed by atoms with E-state index in [1.807, 2.05) is 6.26 Å². The van der Waals surface area contributed by atoms with E-state index in [0.717, 1.165) is 34.7 Å². The van der Waals surface area contributed by atoms with Gasteiger partial charge in [0.2, 0.25) is 0 Å². The molecule has 1 heterocycles. The van der Waals surface area contributed by atoms with Gasteiger partial charge in [-0.05, 0) is 36.6 Å². The van der Waals surface area contributed by atoms with Gasteiger partial charge in [-0.1, -0.05) is 17.4 Å². The van der Waals surface area contributed by atoms with E-state index in [9.17, 15) is 18.4 Å². The minimum Gasteiger partial charge on any atom is -0.465 e. The van der Waals surface area contributed by atoms with Crippen LogP contribution in [-0.2, 0) is 11.3 Å². The summed E-state index contributed by atoms with van der Waals surface area (Å²) in [7, 11) is 1.29. The molecule has 0 radical (unpaired) electrons. The zero-order valence-electron chi connectivity index (χ0n) is 15.1. The predicted octanol–water partition coefficient (Wildman–Crippen LogP) is 3.87. The number of benzene rings is 2. The second kappa shape index (κ2) is 8.66. The van der Waals surface area contributed by atoms with E-state index in [2.05, 4.69) is 4.99 Å². The largest absolute Gasteiger partial charge is 0.465 e. The van der Waals surface area contributed by atoms with Crippen molar-refractivity contribution in [2.75, 3.05) is 19.1 Å². The highest BCUT2D eigenvalue weighted by molar-refractivity contribution is 7.98. The van der Waals surface area contributed by atoms with E-state index >= 15 is 0 Å². The van der Waals surface area contributed by atoms with Gasteiger partial charge in [-0.25, -0.2) is 13.6 Å². The molecule has 0 saturated heterocycles. The lowest BCUT2D eigenvalue weighted by molar-refractivity contribution is 0.0600. The molecule has 3 rings (SSSR count). The van der Waals surface area contributed by atoms with Crippen LogP contribution in [0.25, 0.3) is 10.2 Å². The van der Waals surface area contributed by atoms with Crippen LogP contribution in [0.1, 0.15) is 20.7 Å². The Morgan fingerprint density at radius 1 is 1.21 bits per heavy atom. The van der Waals surface area contributed by atoms with Gasteiger partial charge in [0.05, 0.1) is 22.9 Å². The third-order valence-electron chi connectivity index (χ3n) is 4.00. The topological polar surface area (TPSA) is 60.7 Å². The Kier molecular flexibility index (Phi) is 6.25. The first-order valence-corrected chi connectivity index (χ1v) is 10.4. The van der Waals surface area contributed by atoms with Gasteiger partial charge in [-0.15, -0.1) is 0 Å². The van der Waals surface area contributed by atoms with E-state index in [1.165, 1.54) is 13.2 Å². The monoisotopic (exact) mass is 422 g/mol. The number of aryl methyl sites for hydroxylation is 1. The van der Waals surface area contributed by atoms with Crippen molar-refractivity contribution >= 4 is 45.2 Å². The number of nitrogens with zero attached hydrogens (tertiary/aromatic N) is 2. The van der Waals surface area contributed by atoms with Crippen LogP contribution in [0, 0.1) is 11.6 Å². The van der Waals surface area contributed by atoms with Gasteiger partial charge in [0.15, 0.2) is 4.80 Å². The van der Waals surface area contributed by atoms with Gasteiger partial charge in [-0.2, -0.15) is 16.8 Å². The Hall–Kier alpha value is -2.52. The van der Waals surface area contributed by atoms with Gasteiger partial charge >= 0.3 is 5.97 Å². The number of esters is 1. The van der Waals surface area contributed by atoms with Gasteiger partial charge in [0.1, 0.15) is 17.2 Å². The molecule has 0 N–H and O–H groups in total. The van der Waals surface area contributed by atoms with Crippen molar-refractivity contribution in [2.45, 2.75) is 6.54 Å². The number of amides is 1. The highest BCUT2D eigenvalue weighted by Gasteiger charge is 2.18. The Morgan fingerprint density at radius 3 is 2.57 bits per heavy atom. The normalized spacial score (nSPS) is 11.8. The second-order valence-electron chi connectivity index (χ2n) is 5.72. The highest BCUT2D eigenvalue weighted by Crippen LogP contribution is 2.21. The molecule has 1 amide bonds. The van der Waals surface area contributed by atoms with Crippen molar-refractivity contribution in [1.29, 1.82) is 0 Å². The molecule has 9 heteroatoms. The summed E-state index contributed by atoms with van der Waals surface area (Å²) in [6, 6.07) is 8.23. The van der Waals surface area contributed by atoms with Crippen LogP contribution in [0.15, 0.2) is 41.4 Å². The SMILES string of the molecule is COC(=O)c1ccc2c(c1)sc(=NC(=O)c1c(F)cccc1F)n2CCSC. The fourth-order valence-corrected chi connectivity index (χ4v) is 4.11. The highest BCUT2D eigenvalue weighted by atomic mass is 32.2. The average Bonchev–Trinajstić information content (AvgIpc) is 3.01. The summed E-state index contributed by atoms with van der Waals surface area (Å²) in [5.41, 5.74) is 0.449. The van der Waals surface area contributed by atoms with Crippen LogP contribution in [0.2, 0.25) is 0 Å². The van der Waals surface area contributed by atoms with E-state index in [0.29, 0.717) is 21.6 Å². The summed E-state index contributed by atoms with van der Waals surface area (Å²) in [5, 5.41) is 0. The first-order valence-electron chi connectivity index (χ1n) is 8.20. The summed E-state index contributed by atoms with van der Waals surface area (Å²) in [6.07, 6.45) is 1.95. The van der Waals surface area contributed by atoms with Crippen LogP contribution >= 0.6 is 23.1 Å². The molecule has 5 nitrogen and oxygen atoms in total. The fourth-order valence-electron chi connectivity index (χ4n) is 2.65. The number of fused-ring (bicyclic) bond motifs is 1. The number of ether oxygens (including phenoxy) is 1. The van der Waals surface area contributed by atoms with Crippen molar-refractivity contribution in [3.8, 4) is 0 Å². The Labute approximate surface area is 167 Å². The Bertz CT molecular complexity index is 1100. The van der Waals surface area contributed by atoms with Crippen LogP contribution in [0.4, 0.5) is 8.78 Å². The summed E-state index contributed by atoms with van der Waals surface area (Å²) in [4.78, 5) is 28.5. The third-order valence-corrected chi connectivity index (χ3v) is 5.63. The molecule has 1 aromatic heterocycles. The molecule has 146 valence electrons. The minimum absolute atomic E-state index is 0.304. The van der Waals surface area contributed by atoms with Crippen molar-refractivity contribution in [1.82, 2.24) is 4.57 Å². The maximum Gasteiger partial charge on any atom is 0.337 e. The number of methoxy groups -OCH3 is 1. The van der Waals surface area contributed by atoms with Crippen LogP contribution in [0.5, 0.6) is 0 Å². The number of rotatable bonds is 5. The summed E-state index contributed by atoms with van der Waals surface area (Å²) in [5.74, 6) is -2.64. The van der Waals surface area contributed by atoms with Crippen molar-refractivity contribution in [3.05, 3.63) is 64.0 Å². The first kappa shape index (κ1) is 20.2. The zero-order valence-corrected chi connectivity index (χ0v) is 16.7. The Balaban J connectivity index is 2.16. The molecule has 0 spiro atoms. The summed E-state index contributed by atoms with van der Waals surface area (Å²) >= 11 is 2.78. The average molecular weight is 422 g/mol. The maximum atomic E-state index is 13.9. The molecule has 0 aliphatic carbocycles. The molecule has 3 aromatic rings. The summed E-state index contributed by atoms with van der Waals surface area (Å²) < 4.78 is 35.1. The van der Waals surface area contributed by atoms with Crippen LogP contribution < -0.4 is 4.80 Å². The van der Waals surface area contributed by atoms with Gasteiger partial charge in [-0.3, -0.25) is 4.79 Å². The van der Waals surface area contributed by atoms with E-state index < -0.39 is 29.1 Å². The molecule has 0 atom stereocenters. The van der Waals surface area contributed by atoms with Gasteiger partial charge in [0, 0.05) is 12.3 Å². The number of aromatic nitrogens is 1. The number of thiazole rings is 1. The molecule has 0 aliphatic rings. The minimum atomic E-state index is -0.992. The molecule has 0 aliphatic heterocycles. The molecule has 2 aromatic carbocycles. The lowest BCUT2D eigenvalue weighted by atomic mass is 10.2. The molecule has 0 bridgehead atoms. The van der Waals surface area contributed by atoms with Crippen LogP contribution in [0.3, 0.4) is 0 Å². The number of hydrogen-bond acceptors (Lipinski definition) is 5. The van der Waals surface area contributed by atoms with Gasteiger partial charge in [0.25, 0.3) is 5.91 Å². The quantitative estimate of drug-likeness (QED) is 0.586. The third kappa shape index (κ3) is 4.00. The number of carbonyl (C=O) groups is 2. The van der Waals surface area contributed by atoms with Crippen molar-refractivity contribution in [2.24, 2.45) is 4.99 Å². The smallest absolute Gasteiger partial charge is 0.337 e. The standard InChI is InChI=1S/C19H16F2N2O3S2/c1-26-18(25)11-6-7-14-15(10-11)28-19(23(14)8-9-27-2)22-17(24)16-12(20)4-3-5-13(16)21/h3-7,10H,8-9H2,1-2H3. The lowest BCUT2D eigenvalue weighted by Crippen LogP contribution is -2.19. The van der Waals surface area contributed by atoms with E-state index in [1.54, 1.807) is 34.5 Å². The van der Waals surface area contributed by atoms with E-state index in [4.69, 9.17) is 4.74 Å². The number of halogens is 2. The lowest BCUT2D eigenvalue weighted by Gasteiger charge is -2.05. The first-order chi connectivity index (χ1) is 13.5. The molecular formula is C19H16F2N2O3S2. The molecule has 28 heavy (non-hydrogen) atoms. The van der Waals surface area contributed by atoms with Crippen molar-refractivity contribution in [3.63, 3.8) is 0 Å². The van der Waals surface area contributed by atoms with Gasteiger partial charge < -0.3 is 9.30 Å². The maximum absolute atomic E-state index is 13.9. The fraction of sp³-hybridized carbons (Fsp3) is 0.211.